The average molecular weight is 328 g/mol. The second-order valence-corrected chi connectivity index (χ2v) is 5.87. The van der Waals surface area contributed by atoms with E-state index in [2.05, 4.69) is 24.3 Å². The van der Waals surface area contributed by atoms with Crippen molar-refractivity contribution in [1.29, 1.82) is 0 Å². The van der Waals surface area contributed by atoms with Gasteiger partial charge in [0.2, 0.25) is 0 Å². The molecule has 2 aromatic carbocycles. The van der Waals surface area contributed by atoms with E-state index in [0.29, 0.717) is 13.2 Å². The van der Waals surface area contributed by atoms with Crippen molar-refractivity contribution < 1.29 is 18.9 Å². The van der Waals surface area contributed by atoms with Crippen LogP contribution in [0.1, 0.15) is 25.0 Å². The molecule has 2 unspecified atom stereocenters. The lowest BCUT2D eigenvalue weighted by Gasteiger charge is -2.14. The Balaban J connectivity index is 1.51. The number of ether oxygens (including phenoxy) is 4. The zero-order valence-corrected chi connectivity index (χ0v) is 14.2. The van der Waals surface area contributed by atoms with Gasteiger partial charge in [0.15, 0.2) is 6.29 Å². The Kier molecular flexibility index (Phi) is 5.72. The summed E-state index contributed by atoms with van der Waals surface area (Å²) in [7, 11) is 0. The molecule has 128 valence electrons. The molecule has 0 amide bonds. The van der Waals surface area contributed by atoms with Crippen LogP contribution in [-0.4, -0.2) is 32.2 Å². The van der Waals surface area contributed by atoms with E-state index in [9.17, 15) is 0 Å². The van der Waals surface area contributed by atoms with Crippen LogP contribution in [0.3, 0.4) is 0 Å². The van der Waals surface area contributed by atoms with Crippen LogP contribution in [0.5, 0.6) is 11.5 Å². The zero-order valence-electron chi connectivity index (χ0n) is 14.2. The molecule has 1 aliphatic rings. The van der Waals surface area contributed by atoms with Crippen LogP contribution >= 0.6 is 0 Å². The predicted octanol–water partition coefficient (Wildman–Crippen LogP) is 3.82. The molecule has 1 aliphatic heterocycles. The lowest BCUT2D eigenvalue weighted by Crippen LogP contribution is -2.15. The summed E-state index contributed by atoms with van der Waals surface area (Å²) in [6, 6.07) is 16.4. The molecule has 0 aromatic heterocycles. The number of hydrogen-bond donors (Lipinski definition) is 0. The minimum absolute atomic E-state index is 0.227. The van der Waals surface area contributed by atoms with E-state index in [1.807, 2.05) is 38.1 Å². The third kappa shape index (κ3) is 5.25. The molecule has 4 heteroatoms. The third-order valence-electron chi connectivity index (χ3n) is 3.80. The molecule has 0 spiro atoms. The van der Waals surface area contributed by atoms with E-state index in [0.717, 1.165) is 24.5 Å². The molecule has 4 nitrogen and oxygen atoms in total. The summed E-state index contributed by atoms with van der Waals surface area (Å²) in [6.07, 6.45) is 0.943. The van der Waals surface area contributed by atoms with Gasteiger partial charge in [0.1, 0.15) is 24.2 Å². The van der Waals surface area contributed by atoms with E-state index < -0.39 is 0 Å². The summed E-state index contributed by atoms with van der Waals surface area (Å²) >= 11 is 0. The van der Waals surface area contributed by atoms with Crippen molar-refractivity contribution in [2.45, 2.75) is 32.7 Å². The first kappa shape index (κ1) is 16.8. The minimum atomic E-state index is -0.227. The maximum atomic E-state index is 5.68. The summed E-state index contributed by atoms with van der Waals surface area (Å²) in [5.41, 5.74) is 2.49. The standard InChI is InChI=1S/C20H24O4/c1-3-21-15(2)24-19-10-6-17(7-11-19)12-16-4-8-18(9-5-16)22-13-20-14-23-20/h4-11,15,20H,3,12-14H2,1-2H3. The van der Waals surface area contributed by atoms with Gasteiger partial charge in [0, 0.05) is 6.61 Å². The lowest BCUT2D eigenvalue weighted by atomic mass is 10.0. The fourth-order valence-corrected chi connectivity index (χ4v) is 2.44. The van der Waals surface area contributed by atoms with E-state index in [1.54, 1.807) is 0 Å². The minimum Gasteiger partial charge on any atom is -0.491 e. The molecule has 0 radical (unpaired) electrons. The highest BCUT2D eigenvalue weighted by Crippen LogP contribution is 2.19. The first-order valence-corrected chi connectivity index (χ1v) is 8.43. The van der Waals surface area contributed by atoms with Crippen LogP contribution in [0.4, 0.5) is 0 Å². The van der Waals surface area contributed by atoms with Crippen molar-refractivity contribution in [1.82, 2.24) is 0 Å². The van der Waals surface area contributed by atoms with Gasteiger partial charge in [-0.2, -0.15) is 0 Å². The summed E-state index contributed by atoms with van der Waals surface area (Å²) < 4.78 is 21.8. The molecule has 1 fully saturated rings. The SMILES string of the molecule is CCOC(C)Oc1ccc(Cc2ccc(OCC3CO3)cc2)cc1. The van der Waals surface area contributed by atoms with Crippen LogP contribution in [0.15, 0.2) is 48.5 Å². The second-order valence-electron chi connectivity index (χ2n) is 5.87. The summed E-state index contributed by atoms with van der Waals surface area (Å²) in [6.45, 7) is 5.96. The van der Waals surface area contributed by atoms with Gasteiger partial charge in [-0.05, 0) is 55.7 Å². The summed E-state index contributed by atoms with van der Waals surface area (Å²) in [5, 5.41) is 0. The van der Waals surface area contributed by atoms with Crippen LogP contribution < -0.4 is 9.47 Å². The normalized spacial score (nSPS) is 17.3. The van der Waals surface area contributed by atoms with Crippen molar-refractivity contribution in [3.05, 3.63) is 59.7 Å². The van der Waals surface area contributed by atoms with Crippen molar-refractivity contribution >= 4 is 0 Å². The van der Waals surface area contributed by atoms with Gasteiger partial charge in [0.05, 0.1) is 6.61 Å². The van der Waals surface area contributed by atoms with Crippen molar-refractivity contribution in [3.8, 4) is 11.5 Å². The summed E-state index contributed by atoms with van der Waals surface area (Å²) in [5.74, 6) is 1.72. The molecule has 1 saturated heterocycles. The Bertz CT molecular complexity index is 617. The summed E-state index contributed by atoms with van der Waals surface area (Å²) in [4.78, 5) is 0. The van der Waals surface area contributed by atoms with Gasteiger partial charge in [-0.25, -0.2) is 0 Å². The van der Waals surface area contributed by atoms with E-state index in [4.69, 9.17) is 18.9 Å². The van der Waals surface area contributed by atoms with Gasteiger partial charge in [0.25, 0.3) is 0 Å². The van der Waals surface area contributed by atoms with E-state index in [1.165, 1.54) is 11.1 Å². The Morgan fingerprint density at radius 2 is 1.58 bits per heavy atom. The highest BCUT2D eigenvalue weighted by Gasteiger charge is 2.22. The molecule has 24 heavy (non-hydrogen) atoms. The van der Waals surface area contributed by atoms with Crippen molar-refractivity contribution in [2.24, 2.45) is 0 Å². The first-order valence-electron chi connectivity index (χ1n) is 8.43. The zero-order chi connectivity index (χ0) is 16.8. The highest BCUT2D eigenvalue weighted by atomic mass is 16.7. The second kappa shape index (κ2) is 8.18. The van der Waals surface area contributed by atoms with Gasteiger partial charge >= 0.3 is 0 Å². The van der Waals surface area contributed by atoms with Crippen LogP contribution in [-0.2, 0) is 15.9 Å². The molecule has 2 atom stereocenters. The quantitative estimate of drug-likeness (QED) is 0.518. The third-order valence-corrected chi connectivity index (χ3v) is 3.80. The van der Waals surface area contributed by atoms with Crippen LogP contribution in [0.2, 0.25) is 0 Å². The van der Waals surface area contributed by atoms with Crippen molar-refractivity contribution in [3.63, 3.8) is 0 Å². The fraction of sp³-hybridized carbons (Fsp3) is 0.400. The molecular formula is C20H24O4. The van der Waals surface area contributed by atoms with Crippen LogP contribution in [0, 0.1) is 0 Å². The number of benzene rings is 2. The topological polar surface area (TPSA) is 40.2 Å². The maximum Gasteiger partial charge on any atom is 0.196 e. The Labute approximate surface area is 143 Å². The first-order chi connectivity index (χ1) is 11.7. The number of epoxide rings is 1. The van der Waals surface area contributed by atoms with Gasteiger partial charge in [-0.3, -0.25) is 0 Å². The largest absolute Gasteiger partial charge is 0.491 e. The number of rotatable bonds is 9. The molecule has 3 rings (SSSR count). The predicted molar refractivity (Wildman–Crippen MR) is 92.6 cm³/mol. The van der Waals surface area contributed by atoms with E-state index in [-0.39, 0.29) is 12.4 Å². The molecule has 1 heterocycles. The van der Waals surface area contributed by atoms with Gasteiger partial charge in [-0.15, -0.1) is 0 Å². The smallest absolute Gasteiger partial charge is 0.196 e. The van der Waals surface area contributed by atoms with Gasteiger partial charge < -0.3 is 18.9 Å². The maximum absolute atomic E-state index is 5.68. The Hall–Kier alpha value is -2.04. The highest BCUT2D eigenvalue weighted by molar-refractivity contribution is 5.34. The molecule has 2 aromatic rings. The molecular weight excluding hydrogens is 304 g/mol. The van der Waals surface area contributed by atoms with Gasteiger partial charge in [-0.1, -0.05) is 24.3 Å². The fourth-order valence-electron chi connectivity index (χ4n) is 2.44. The molecule has 0 bridgehead atoms. The van der Waals surface area contributed by atoms with E-state index >= 15 is 0 Å². The average Bonchev–Trinajstić information content (AvgIpc) is 3.41. The van der Waals surface area contributed by atoms with Crippen molar-refractivity contribution in [2.75, 3.05) is 19.8 Å². The Morgan fingerprint density at radius 1 is 1.00 bits per heavy atom. The molecule has 0 aliphatic carbocycles. The Morgan fingerprint density at radius 3 is 2.12 bits per heavy atom. The van der Waals surface area contributed by atoms with Crippen LogP contribution in [0.25, 0.3) is 0 Å². The molecule has 0 N–H and O–H groups in total. The monoisotopic (exact) mass is 328 g/mol. The molecule has 0 saturated carbocycles. The lowest BCUT2D eigenvalue weighted by molar-refractivity contribution is -0.0613. The number of hydrogen-bond acceptors (Lipinski definition) is 4.